The number of hydrogen-bond acceptors (Lipinski definition) is 4. The number of carbonyl (C=O) groups is 4. The highest BCUT2D eigenvalue weighted by Crippen LogP contribution is 2.45. The Morgan fingerprint density at radius 3 is 2.48 bits per heavy atom. The van der Waals surface area contributed by atoms with E-state index in [1.165, 1.54) is 4.90 Å². The fraction of sp³-hybridized carbons (Fsp3) is 0.583. The van der Waals surface area contributed by atoms with Crippen LogP contribution in [0, 0.1) is 5.92 Å². The Morgan fingerprint density at radius 2 is 1.81 bits per heavy atom. The average Bonchev–Trinajstić information content (AvgIpc) is 3.35. The van der Waals surface area contributed by atoms with E-state index in [0.717, 1.165) is 38.5 Å². The molecule has 1 aromatic carbocycles. The lowest BCUT2D eigenvalue weighted by atomic mass is 9.75. The van der Waals surface area contributed by atoms with Crippen LogP contribution in [-0.4, -0.2) is 52.4 Å². The summed E-state index contributed by atoms with van der Waals surface area (Å²) in [6, 6.07) is 6.94. The largest absolute Gasteiger partial charge is 0.342 e. The second-order valence-corrected chi connectivity index (χ2v) is 9.62. The molecule has 0 radical (unpaired) electrons. The van der Waals surface area contributed by atoms with Crippen LogP contribution in [0.4, 0.5) is 0 Å². The first-order valence-corrected chi connectivity index (χ1v) is 11.6. The first-order valence-electron chi connectivity index (χ1n) is 11.2. The van der Waals surface area contributed by atoms with E-state index in [1.54, 1.807) is 36.1 Å². The molecule has 2 atom stereocenters. The summed E-state index contributed by atoms with van der Waals surface area (Å²) in [6.07, 6.45) is 5.03. The van der Waals surface area contributed by atoms with Crippen molar-refractivity contribution in [3.05, 3.63) is 34.9 Å². The Balaban J connectivity index is 1.67. The third-order valence-corrected chi connectivity index (χ3v) is 7.56. The van der Waals surface area contributed by atoms with E-state index in [2.05, 4.69) is 0 Å². The van der Waals surface area contributed by atoms with Gasteiger partial charge in [-0.05, 0) is 44.2 Å². The maximum absolute atomic E-state index is 13.8. The van der Waals surface area contributed by atoms with Crippen LogP contribution in [-0.2, 0) is 24.6 Å². The predicted molar refractivity (Wildman–Crippen MR) is 116 cm³/mol. The Kier molecular flexibility index (Phi) is 6.20. The molecule has 3 fully saturated rings. The molecule has 31 heavy (non-hydrogen) atoms. The number of piperidine rings is 1. The van der Waals surface area contributed by atoms with Gasteiger partial charge in [0, 0.05) is 42.9 Å². The number of nitrogens with zero attached hydrogens (tertiary/aromatic N) is 2. The van der Waals surface area contributed by atoms with Crippen LogP contribution < -0.4 is 0 Å². The number of benzene rings is 1. The van der Waals surface area contributed by atoms with Crippen LogP contribution in [0.2, 0.25) is 5.02 Å². The fourth-order valence-corrected chi connectivity index (χ4v) is 5.81. The van der Waals surface area contributed by atoms with Gasteiger partial charge in [-0.3, -0.25) is 24.1 Å². The van der Waals surface area contributed by atoms with Gasteiger partial charge in [-0.15, -0.1) is 0 Å². The summed E-state index contributed by atoms with van der Waals surface area (Å²) in [7, 11) is 0. The van der Waals surface area contributed by atoms with Gasteiger partial charge in [0.1, 0.15) is 5.78 Å². The van der Waals surface area contributed by atoms with Crippen molar-refractivity contribution in [1.82, 2.24) is 9.80 Å². The summed E-state index contributed by atoms with van der Waals surface area (Å²) >= 11 is 6.50. The standard InChI is InChI=1S/C24H29ClN2O4/c1-16(28)17-7-6-12-26(15-17)21(29)13-24(19-10-4-5-11-20(19)25)14-22(30)27(23(24)31)18-8-2-3-9-18/h4-5,10-11,17-18H,2-3,6-9,12-15H2,1H3. The Morgan fingerprint density at radius 1 is 1.10 bits per heavy atom. The first-order chi connectivity index (χ1) is 14.8. The molecule has 7 heteroatoms. The molecule has 0 N–H and O–H groups in total. The van der Waals surface area contributed by atoms with Crippen molar-refractivity contribution < 1.29 is 19.2 Å². The van der Waals surface area contributed by atoms with E-state index < -0.39 is 5.41 Å². The minimum absolute atomic E-state index is 0.0399. The zero-order chi connectivity index (χ0) is 22.2. The molecule has 1 aliphatic carbocycles. The molecule has 2 aliphatic heterocycles. The van der Waals surface area contributed by atoms with Gasteiger partial charge in [0.25, 0.3) is 0 Å². The summed E-state index contributed by atoms with van der Waals surface area (Å²) in [5.41, 5.74) is -0.734. The second kappa shape index (κ2) is 8.73. The molecule has 2 unspecified atom stereocenters. The van der Waals surface area contributed by atoms with Gasteiger partial charge in [-0.2, -0.15) is 0 Å². The van der Waals surface area contributed by atoms with E-state index in [4.69, 9.17) is 11.6 Å². The zero-order valence-corrected chi connectivity index (χ0v) is 18.7. The minimum atomic E-state index is -1.28. The van der Waals surface area contributed by atoms with Crippen molar-refractivity contribution in [1.29, 1.82) is 0 Å². The van der Waals surface area contributed by atoms with Gasteiger partial charge in [0.05, 0.1) is 5.41 Å². The van der Waals surface area contributed by atoms with Gasteiger partial charge >= 0.3 is 0 Å². The van der Waals surface area contributed by atoms with Gasteiger partial charge in [0.2, 0.25) is 17.7 Å². The molecule has 4 rings (SSSR count). The molecule has 6 nitrogen and oxygen atoms in total. The summed E-state index contributed by atoms with van der Waals surface area (Å²) in [5, 5.41) is 0.393. The molecule has 2 saturated heterocycles. The predicted octanol–water partition coefficient (Wildman–Crippen LogP) is 3.50. The molecule has 1 aromatic rings. The lowest BCUT2D eigenvalue weighted by Gasteiger charge is -2.35. The summed E-state index contributed by atoms with van der Waals surface area (Å²) < 4.78 is 0. The van der Waals surface area contributed by atoms with Crippen LogP contribution >= 0.6 is 11.6 Å². The third kappa shape index (κ3) is 4.02. The maximum atomic E-state index is 13.8. The third-order valence-electron chi connectivity index (χ3n) is 7.23. The molecule has 1 saturated carbocycles. The molecule has 3 amide bonds. The summed E-state index contributed by atoms with van der Waals surface area (Å²) in [5.74, 6) is -0.793. The van der Waals surface area contributed by atoms with Crippen LogP contribution in [0.1, 0.15) is 63.9 Å². The quantitative estimate of drug-likeness (QED) is 0.651. The number of Topliss-reactive ketones (excluding diaryl/α,β-unsaturated/α-hetero) is 1. The van der Waals surface area contributed by atoms with Crippen molar-refractivity contribution in [2.75, 3.05) is 13.1 Å². The van der Waals surface area contributed by atoms with Crippen molar-refractivity contribution >= 4 is 35.1 Å². The highest BCUT2D eigenvalue weighted by molar-refractivity contribution is 6.32. The Labute approximate surface area is 187 Å². The van der Waals surface area contributed by atoms with Crippen LogP contribution in [0.5, 0.6) is 0 Å². The monoisotopic (exact) mass is 444 g/mol. The highest BCUT2D eigenvalue weighted by atomic mass is 35.5. The number of amides is 3. The van der Waals surface area contributed by atoms with Gasteiger partial charge in [-0.25, -0.2) is 0 Å². The van der Waals surface area contributed by atoms with Gasteiger partial charge in [0.15, 0.2) is 0 Å². The number of ketones is 1. The molecular weight excluding hydrogens is 416 g/mol. The number of hydrogen-bond donors (Lipinski definition) is 0. The van der Waals surface area contributed by atoms with E-state index in [0.29, 0.717) is 23.7 Å². The molecule has 0 bridgehead atoms. The normalized spacial score (nSPS) is 27.2. The lowest BCUT2D eigenvalue weighted by Crippen LogP contribution is -2.48. The van der Waals surface area contributed by atoms with Gasteiger partial charge in [-0.1, -0.05) is 42.6 Å². The van der Waals surface area contributed by atoms with E-state index >= 15 is 0 Å². The minimum Gasteiger partial charge on any atom is -0.342 e. The topological polar surface area (TPSA) is 74.8 Å². The zero-order valence-electron chi connectivity index (χ0n) is 17.9. The molecule has 2 heterocycles. The van der Waals surface area contributed by atoms with Crippen molar-refractivity contribution in [3.63, 3.8) is 0 Å². The Hall–Kier alpha value is -2.21. The number of rotatable bonds is 5. The van der Waals surface area contributed by atoms with Crippen LogP contribution in [0.15, 0.2) is 24.3 Å². The highest BCUT2D eigenvalue weighted by Gasteiger charge is 2.56. The lowest BCUT2D eigenvalue weighted by molar-refractivity contribution is -0.145. The molecule has 0 spiro atoms. The van der Waals surface area contributed by atoms with Crippen LogP contribution in [0.3, 0.4) is 0 Å². The number of carbonyl (C=O) groups excluding carboxylic acids is 4. The molecule has 0 aromatic heterocycles. The molecule has 3 aliphatic rings. The number of halogens is 1. The summed E-state index contributed by atoms with van der Waals surface area (Å²) in [4.78, 5) is 55.2. The number of imide groups is 1. The maximum Gasteiger partial charge on any atom is 0.241 e. The second-order valence-electron chi connectivity index (χ2n) is 9.21. The van der Waals surface area contributed by atoms with E-state index in [9.17, 15) is 19.2 Å². The average molecular weight is 445 g/mol. The Bertz CT molecular complexity index is 911. The SMILES string of the molecule is CC(=O)C1CCCN(C(=O)CC2(c3ccccc3Cl)CC(=O)N(C3CCCC3)C2=O)C1. The fourth-order valence-electron chi connectivity index (χ4n) is 5.49. The van der Waals surface area contributed by atoms with E-state index in [-0.39, 0.29) is 48.3 Å². The molecular formula is C24H29ClN2O4. The number of likely N-dealkylation sites (tertiary alicyclic amines) is 2. The first kappa shape index (κ1) is 22.0. The van der Waals surface area contributed by atoms with Crippen molar-refractivity contribution in [2.45, 2.75) is 69.7 Å². The van der Waals surface area contributed by atoms with Crippen molar-refractivity contribution in [3.8, 4) is 0 Å². The summed E-state index contributed by atoms with van der Waals surface area (Å²) in [6.45, 7) is 2.50. The van der Waals surface area contributed by atoms with Crippen molar-refractivity contribution in [2.24, 2.45) is 5.92 Å². The van der Waals surface area contributed by atoms with E-state index in [1.807, 2.05) is 0 Å². The van der Waals surface area contributed by atoms with Gasteiger partial charge < -0.3 is 4.90 Å². The van der Waals surface area contributed by atoms with Crippen LogP contribution in [0.25, 0.3) is 0 Å². The smallest absolute Gasteiger partial charge is 0.241 e. The molecule has 166 valence electrons.